The number of ketones is 1. The summed E-state index contributed by atoms with van der Waals surface area (Å²) in [5, 5.41) is 14.1. The molecular formula is C19H17N5O4. The summed E-state index contributed by atoms with van der Waals surface area (Å²) in [6, 6.07) is 7.18. The van der Waals surface area contributed by atoms with Gasteiger partial charge >= 0.3 is 0 Å². The van der Waals surface area contributed by atoms with Gasteiger partial charge in [-0.05, 0) is 24.3 Å². The smallest absolute Gasteiger partial charge is 0.272 e. The molecule has 4 heterocycles. The molecule has 0 spiro atoms. The quantitative estimate of drug-likeness (QED) is 0.673. The summed E-state index contributed by atoms with van der Waals surface area (Å²) in [7, 11) is 0. The number of carbonyl (C=O) groups is 2. The predicted molar refractivity (Wildman–Crippen MR) is 97.2 cm³/mol. The third-order valence-corrected chi connectivity index (χ3v) is 5.04. The average molecular weight is 379 g/mol. The molecule has 0 aliphatic carbocycles. The van der Waals surface area contributed by atoms with Gasteiger partial charge in [-0.2, -0.15) is 10.2 Å². The SMILES string of the molecule is CC(=O)c1cc(C(=O)N2CCc3[nH]nc(-c4ccc5c(c4)OCO5)c3C2)[nH]n1. The minimum atomic E-state index is -0.191. The third kappa shape index (κ3) is 2.63. The van der Waals surface area contributed by atoms with E-state index in [1.807, 2.05) is 18.2 Å². The number of Topliss-reactive ketones (excluding diaryl/α,β-unsaturated/α-hetero) is 1. The number of nitrogens with one attached hydrogen (secondary N) is 2. The molecule has 0 saturated carbocycles. The zero-order valence-corrected chi connectivity index (χ0v) is 15.1. The van der Waals surface area contributed by atoms with Crippen LogP contribution < -0.4 is 9.47 Å². The molecule has 2 aliphatic rings. The van der Waals surface area contributed by atoms with Crippen LogP contribution in [0.25, 0.3) is 11.3 Å². The van der Waals surface area contributed by atoms with Gasteiger partial charge in [-0.15, -0.1) is 0 Å². The Balaban J connectivity index is 1.43. The van der Waals surface area contributed by atoms with Gasteiger partial charge in [0.1, 0.15) is 11.4 Å². The van der Waals surface area contributed by atoms with E-state index >= 15 is 0 Å². The van der Waals surface area contributed by atoms with E-state index in [1.165, 1.54) is 13.0 Å². The highest BCUT2D eigenvalue weighted by Crippen LogP contribution is 2.37. The number of carbonyl (C=O) groups excluding carboxylic acids is 2. The maximum Gasteiger partial charge on any atom is 0.272 e. The van der Waals surface area contributed by atoms with Crippen molar-refractivity contribution in [3.8, 4) is 22.8 Å². The number of benzene rings is 1. The lowest BCUT2D eigenvalue weighted by Gasteiger charge is -2.26. The van der Waals surface area contributed by atoms with E-state index in [9.17, 15) is 9.59 Å². The molecule has 3 aromatic rings. The molecule has 142 valence electrons. The molecule has 0 saturated heterocycles. The summed E-state index contributed by atoms with van der Waals surface area (Å²) in [6.45, 7) is 2.61. The lowest BCUT2D eigenvalue weighted by Crippen LogP contribution is -2.36. The molecule has 2 N–H and O–H groups in total. The van der Waals surface area contributed by atoms with Crippen LogP contribution in [-0.2, 0) is 13.0 Å². The molecule has 9 heteroatoms. The van der Waals surface area contributed by atoms with Crippen molar-refractivity contribution in [2.24, 2.45) is 0 Å². The Kier molecular flexibility index (Phi) is 3.68. The second-order valence-corrected chi connectivity index (χ2v) is 6.80. The monoisotopic (exact) mass is 379 g/mol. The van der Waals surface area contributed by atoms with Crippen LogP contribution in [0.5, 0.6) is 11.5 Å². The first-order valence-electron chi connectivity index (χ1n) is 8.92. The minimum absolute atomic E-state index is 0.184. The summed E-state index contributed by atoms with van der Waals surface area (Å²) in [5.41, 5.74) is 4.25. The first-order valence-corrected chi connectivity index (χ1v) is 8.92. The first-order chi connectivity index (χ1) is 13.6. The second kappa shape index (κ2) is 6.22. The number of hydrogen-bond acceptors (Lipinski definition) is 6. The summed E-state index contributed by atoms with van der Waals surface area (Å²) >= 11 is 0. The van der Waals surface area contributed by atoms with Gasteiger partial charge in [-0.3, -0.25) is 19.8 Å². The molecule has 0 unspecified atom stereocenters. The van der Waals surface area contributed by atoms with Crippen molar-refractivity contribution in [3.63, 3.8) is 0 Å². The number of H-pyrrole nitrogens is 2. The molecule has 1 aromatic carbocycles. The summed E-state index contributed by atoms with van der Waals surface area (Å²) in [4.78, 5) is 26.0. The van der Waals surface area contributed by atoms with E-state index in [0.717, 1.165) is 22.5 Å². The fourth-order valence-corrected chi connectivity index (χ4v) is 3.53. The van der Waals surface area contributed by atoms with Crippen molar-refractivity contribution in [1.29, 1.82) is 0 Å². The molecule has 1 amide bonds. The number of hydrogen-bond donors (Lipinski definition) is 2. The zero-order valence-electron chi connectivity index (χ0n) is 15.1. The highest BCUT2D eigenvalue weighted by Gasteiger charge is 2.28. The van der Waals surface area contributed by atoms with Gasteiger partial charge in [0.2, 0.25) is 6.79 Å². The van der Waals surface area contributed by atoms with Crippen LogP contribution in [-0.4, -0.2) is 50.3 Å². The Morgan fingerprint density at radius 2 is 1.96 bits per heavy atom. The number of aromatic nitrogens is 4. The fourth-order valence-electron chi connectivity index (χ4n) is 3.53. The summed E-state index contributed by atoms with van der Waals surface area (Å²) in [5.74, 6) is 1.03. The Morgan fingerprint density at radius 1 is 1.11 bits per heavy atom. The van der Waals surface area contributed by atoms with Crippen LogP contribution in [0.4, 0.5) is 0 Å². The van der Waals surface area contributed by atoms with Crippen molar-refractivity contribution >= 4 is 11.7 Å². The van der Waals surface area contributed by atoms with Crippen LogP contribution in [0.2, 0.25) is 0 Å². The highest BCUT2D eigenvalue weighted by molar-refractivity contribution is 5.97. The minimum Gasteiger partial charge on any atom is -0.454 e. The number of rotatable bonds is 3. The molecule has 0 radical (unpaired) electrons. The lowest BCUT2D eigenvalue weighted by molar-refractivity contribution is 0.0728. The summed E-state index contributed by atoms with van der Waals surface area (Å²) < 4.78 is 10.8. The van der Waals surface area contributed by atoms with Gasteiger partial charge < -0.3 is 14.4 Å². The molecular weight excluding hydrogens is 362 g/mol. The number of ether oxygens (including phenoxy) is 2. The highest BCUT2D eigenvalue weighted by atomic mass is 16.7. The Morgan fingerprint density at radius 3 is 2.79 bits per heavy atom. The van der Waals surface area contributed by atoms with Crippen LogP contribution in [0.15, 0.2) is 24.3 Å². The van der Waals surface area contributed by atoms with Crippen LogP contribution >= 0.6 is 0 Å². The lowest BCUT2D eigenvalue weighted by atomic mass is 10.0. The van der Waals surface area contributed by atoms with Crippen LogP contribution in [0, 0.1) is 0 Å². The van der Waals surface area contributed by atoms with Gasteiger partial charge in [0, 0.05) is 36.7 Å². The van der Waals surface area contributed by atoms with Crippen LogP contribution in [0.1, 0.15) is 39.2 Å². The maximum absolute atomic E-state index is 12.8. The van der Waals surface area contributed by atoms with Crippen molar-refractivity contribution in [2.75, 3.05) is 13.3 Å². The van der Waals surface area contributed by atoms with E-state index in [2.05, 4.69) is 20.4 Å². The van der Waals surface area contributed by atoms with Gasteiger partial charge in [-0.25, -0.2) is 0 Å². The molecule has 5 rings (SSSR count). The van der Waals surface area contributed by atoms with E-state index in [-0.39, 0.29) is 24.2 Å². The van der Waals surface area contributed by atoms with E-state index in [0.29, 0.717) is 36.7 Å². The average Bonchev–Trinajstić information content (AvgIpc) is 3.44. The van der Waals surface area contributed by atoms with Crippen molar-refractivity contribution < 1.29 is 19.1 Å². The zero-order chi connectivity index (χ0) is 19.3. The normalized spacial score (nSPS) is 14.8. The Hall–Kier alpha value is -3.62. The van der Waals surface area contributed by atoms with Crippen molar-refractivity contribution in [3.05, 3.63) is 46.9 Å². The molecule has 0 fully saturated rings. The third-order valence-electron chi connectivity index (χ3n) is 5.04. The van der Waals surface area contributed by atoms with Gasteiger partial charge in [0.25, 0.3) is 5.91 Å². The fraction of sp³-hybridized carbons (Fsp3) is 0.263. The molecule has 2 aliphatic heterocycles. The van der Waals surface area contributed by atoms with Crippen molar-refractivity contribution in [2.45, 2.75) is 19.9 Å². The largest absolute Gasteiger partial charge is 0.454 e. The standard InChI is InChI=1S/C19H17N5O4/c1-10(25)14-7-15(22-21-14)19(26)24-5-4-13-12(8-24)18(23-20-13)11-2-3-16-17(6-11)28-9-27-16/h2-3,6-7H,4-5,8-9H2,1H3,(H,20,23)(H,21,22). The van der Waals surface area contributed by atoms with Crippen LogP contribution in [0.3, 0.4) is 0 Å². The van der Waals surface area contributed by atoms with Gasteiger partial charge in [-0.1, -0.05) is 0 Å². The number of amides is 1. The number of aromatic amines is 2. The predicted octanol–water partition coefficient (Wildman–Crippen LogP) is 1.93. The molecule has 28 heavy (non-hydrogen) atoms. The van der Waals surface area contributed by atoms with Gasteiger partial charge in [0.05, 0.1) is 12.2 Å². The van der Waals surface area contributed by atoms with E-state index in [4.69, 9.17) is 9.47 Å². The van der Waals surface area contributed by atoms with E-state index < -0.39 is 0 Å². The Bertz CT molecular complexity index is 1100. The van der Waals surface area contributed by atoms with E-state index in [1.54, 1.807) is 4.90 Å². The molecule has 0 atom stereocenters. The number of fused-ring (bicyclic) bond motifs is 2. The van der Waals surface area contributed by atoms with Gasteiger partial charge in [0.15, 0.2) is 17.3 Å². The molecule has 9 nitrogen and oxygen atoms in total. The topological polar surface area (TPSA) is 113 Å². The Labute approximate surface area is 159 Å². The van der Waals surface area contributed by atoms with Crippen molar-refractivity contribution in [1.82, 2.24) is 25.3 Å². The number of nitrogens with zero attached hydrogens (tertiary/aromatic N) is 3. The maximum atomic E-state index is 12.8. The molecule has 0 bridgehead atoms. The second-order valence-electron chi connectivity index (χ2n) is 6.80. The first kappa shape index (κ1) is 16.5. The molecule has 2 aromatic heterocycles. The summed E-state index contributed by atoms with van der Waals surface area (Å²) in [6.07, 6.45) is 0.673.